The van der Waals surface area contributed by atoms with Crippen LogP contribution in [0.2, 0.25) is 0 Å². The lowest BCUT2D eigenvalue weighted by molar-refractivity contribution is -0.151. The van der Waals surface area contributed by atoms with E-state index in [-0.39, 0.29) is 45.6 Å². The van der Waals surface area contributed by atoms with E-state index in [1.165, 1.54) is 9.87 Å². The molecule has 5 N–H and O–H groups in total. The number of hydrogen-bond acceptors (Lipinski definition) is 11. The molecule has 61 heavy (non-hydrogen) atoms. The molecular formula is C44H57ClN4O10S2. The first-order valence-corrected chi connectivity index (χ1v) is 24.0. The molecule has 0 aliphatic carbocycles. The average Bonchev–Trinajstić information content (AvgIpc) is 3.28. The average molecular weight is 902 g/mol. The molecule has 17 heteroatoms. The van der Waals surface area contributed by atoms with Gasteiger partial charge in [-0.15, -0.1) is 0 Å². The van der Waals surface area contributed by atoms with Crippen LogP contribution in [-0.2, 0) is 64.6 Å². The fraction of sp³-hybridized carbons (Fsp3) is 0.409. The predicted molar refractivity (Wildman–Crippen MR) is 234 cm³/mol. The molecule has 2 heterocycles. The summed E-state index contributed by atoms with van der Waals surface area (Å²) in [6.07, 6.45) is 4.88. The molecule has 0 amide bonds. The van der Waals surface area contributed by atoms with E-state index < -0.39 is 49.5 Å². The molecule has 2 aliphatic rings. The van der Waals surface area contributed by atoms with Gasteiger partial charge in [0.05, 0.1) is 19.3 Å². The minimum absolute atomic E-state index is 0.0505. The van der Waals surface area contributed by atoms with Crippen molar-refractivity contribution in [2.75, 3.05) is 26.3 Å². The first-order chi connectivity index (χ1) is 29.3. The molecule has 2 fully saturated rings. The van der Waals surface area contributed by atoms with Crippen molar-refractivity contribution < 1.29 is 46.1 Å². The van der Waals surface area contributed by atoms with Gasteiger partial charge in [-0.3, -0.25) is 9.59 Å². The summed E-state index contributed by atoms with van der Waals surface area (Å²) in [5.41, 5.74) is 9.35. The number of ether oxygens (including phenoxy) is 2. The van der Waals surface area contributed by atoms with E-state index >= 15 is 0 Å². The molecule has 2 aliphatic heterocycles. The molecule has 0 bridgehead atoms. The van der Waals surface area contributed by atoms with Crippen LogP contribution in [0.1, 0.15) is 60.8 Å². The number of esters is 2. The Balaban J connectivity index is 0.000000226. The van der Waals surface area contributed by atoms with Crippen molar-refractivity contribution in [1.82, 2.24) is 13.3 Å². The first kappa shape index (κ1) is 49.4. The zero-order valence-electron chi connectivity index (χ0n) is 34.1. The number of rotatable bonds is 16. The van der Waals surface area contributed by atoms with E-state index in [1.54, 1.807) is 0 Å². The van der Waals surface area contributed by atoms with Crippen LogP contribution in [0.25, 0.3) is 0 Å². The third kappa shape index (κ3) is 17.2. The SMILES string of the molecule is N[C@@H](CO)Cc1ccccc1.O=C(OCc1ccccc1)[C@@H]1CCCCN1S(=O)(=O)Cl.O=C(OCc1ccccc1)[C@@H]1CCCCN1S(=O)(=O)N[C@@H](CO)Cc1ccccc1. The summed E-state index contributed by atoms with van der Waals surface area (Å²) in [4.78, 5) is 24.7. The molecule has 332 valence electrons. The van der Waals surface area contributed by atoms with Crippen molar-refractivity contribution >= 4 is 42.1 Å². The number of aliphatic hydroxyl groups excluding tert-OH is 2. The van der Waals surface area contributed by atoms with Crippen LogP contribution in [0.5, 0.6) is 0 Å². The Kier molecular flexibility index (Phi) is 20.8. The number of nitrogens with one attached hydrogen (secondary N) is 1. The summed E-state index contributed by atoms with van der Waals surface area (Å²) in [5.74, 6) is -1.09. The van der Waals surface area contributed by atoms with Crippen LogP contribution in [-0.4, -0.2) is 98.1 Å². The van der Waals surface area contributed by atoms with Gasteiger partial charge in [0.2, 0.25) is 0 Å². The largest absolute Gasteiger partial charge is 0.460 e. The molecule has 4 aromatic rings. The van der Waals surface area contributed by atoms with E-state index in [9.17, 15) is 31.5 Å². The number of hydrogen-bond donors (Lipinski definition) is 4. The minimum atomic E-state index is -3.97. The van der Waals surface area contributed by atoms with Gasteiger partial charge in [-0.25, -0.2) is 0 Å². The summed E-state index contributed by atoms with van der Waals surface area (Å²) >= 11 is 0. The van der Waals surface area contributed by atoms with E-state index in [1.807, 2.05) is 121 Å². The predicted octanol–water partition coefficient (Wildman–Crippen LogP) is 4.64. The van der Waals surface area contributed by atoms with Crippen molar-refractivity contribution in [2.24, 2.45) is 5.73 Å². The zero-order valence-corrected chi connectivity index (χ0v) is 36.5. The lowest BCUT2D eigenvalue weighted by Gasteiger charge is -2.34. The Morgan fingerprint density at radius 2 is 1.02 bits per heavy atom. The monoisotopic (exact) mass is 900 g/mol. The topological polar surface area (TPSA) is 206 Å². The quantitative estimate of drug-likeness (QED) is 0.0901. The van der Waals surface area contributed by atoms with E-state index in [0.29, 0.717) is 32.1 Å². The van der Waals surface area contributed by atoms with E-state index in [0.717, 1.165) is 40.3 Å². The summed E-state index contributed by atoms with van der Waals surface area (Å²) in [5, 5.41) is 18.4. The fourth-order valence-corrected chi connectivity index (χ4v) is 9.73. The second-order valence-corrected chi connectivity index (χ2v) is 18.8. The van der Waals surface area contributed by atoms with Gasteiger partial charge in [0, 0.05) is 29.8 Å². The van der Waals surface area contributed by atoms with Crippen LogP contribution in [0.3, 0.4) is 0 Å². The van der Waals surface area contributed by atoms with Crippen LogP contribution in [0.4, 0.5) is 0 Å². The van der Waals surface area contributed by atoms with Gasteiger partial charge >= 0.3 is 21.2 Å². The number of carbonyl (C=O) groups is 2. The third-order valence-corrected chi connectivity index (χ3v) is 13.1. The van der Waals surface area contributed by atoms with Gasteiger partial charge in [0.25, 0.3) is 10.2 Å². The molecule has 0 spiro atoms. The third-order valence-electron chi connectivity index (χ3n) is 9.92. The van der Waals surface area contributed by atoms with Crippen molar-refractivity contribution in [3.05, 3.63) is 144 Å². The summed E-state index contributed by atoms with van der Waals surface area (Å²) in [6.45, 7) is 0.442. The fourth-order valence-electron chi connectivity index (χ4n) is 6.78. The maximum atomic E-state index is 13.0. The minimum Gasteiger partial charge on any atom is -0.460 e. The maximum absolute atomic E-state index is 13.0. The normalized spacial score (nSPS) is 18.2. The van der Waals surface area contributed by atoms with Crippen LogP contribution in [0.15, 0.2) is 121 Å². The molecule has 4 atom stereocenters. The lowest BCUT2D eigenvalue weighted by Crippen LogP contribution is -2.55. The number of piperidine rings is 2. The van der Waals surface area contributed by atoms with E-state index in [2.05, 4.69) is 4.72 Å². The molecule has 14 nitrogen and oxygen atoms in total. The highest BCUT2D eigenvalue weighted by atomic mass is 35.7. The molecule has 2 saturated heterocycles. The number of halogens is 1. The highest BCUT2D eigenvalue weighted by Gasteiger charge is 2.39. The molecular weight excluding hydrogens is 844 g/mol. The van der Waals surface area contributed by atoms with Crippen molar-refractivity contribution in [3.8, 4) is 0 Å². The first-order valence-electron chi connectivity index (χ1n) is 20.3. The molecule has 0 radical (unpaired) electrons. The van der Waals surface area contributed by atoms with Gasteiger partial charge in [0.1, 0.15) is 25.3 Å². The smallest absolute Gasteiger partial charge is 0.324 e. The Bertz CT molecular complexity index is 2110. The zero-order chi connectivity index (χ0) is 44.1. The second kappa shape index (κ2) is 25.6. The number of nitrogens with two attached hydrogens (primary N) is 1. The Morgan fingerprint density at radius 3 is 1.43 bits per heavy atom. The number of benzene rings is 4. The Labute approximate surface area is 364 Å². The van der Waals surface area contributed by atoms with Gasteiger partial charge in [-0.2, -0.15) is 30.2 Å². The molecule has 4 aromatic carbocycles. The van der Waals surface area contributed by atoms with Crippen molar-refractivity contribution in [1.29, 1.82) is 0 Å². The summed E-state index contributed by atoms with van der Waals surface area (Å²) < 4.78 is 64.3. The highest BCUT2D eigenvalue weighted by Crippen LogP contribution is 2.24. The molecule has 0 aromatic heterocycles. The van der Waals surface area contributed by atoms with Crippen LogP contribution < -0.4 is 10.5 Å². The molecule has 0 saturated carbocycles. The maximum Gasteiger partial charge on any atom is 0.324 e. The number of nitrogens with zero attached hydrogens (tertiary/aromatic N) is 2. The van der Waals surface area contributed by atoms with Crippen molar-refractivity contribution in [2.45, 2.75) is 88.7 Å². The Hall–Kier alpha value is -4.23. The summed E-state index contributed by atoms with van der Waals surface area (Å²) in [6, 6.07) is 35.3. The Morgan fingerprint density at radius 1 is 0.623 bits per heavy atom. The van der Waals surface area contributed by atoms with Crippen molar-refractivity contribution in [3.63, 3.8) is 0 Å². The van der Waals surface area contributed by atoms with E-state index in [4.69, 9.17) is 31.0 Å². The number of aliphatic hydroxyl groups is 2. The molecule has 6 rings (SSSR count). The summed E-state index contributed by atoms with van der Waals surface area (Å²) in [7, 11) is -2.51. The van der Waals surface area contributed by atoms with Crippen LogP contribution >= 0.6 is 10.7 Å². The van der Waals surface area contributed by atoms with Gasteiger partial charge in [0.15, 0.2) is 0 Å². The molecule has 0 unspecified atom stereocenters. The van der Waals surface area contributed by atoms with Gasteiger partial charge in [-0.1, -0.05) is 121 Å². The standard InChI is InChI=1S/C22H28N2O5S.C13H16ClNO4S.C9H13NO/c25-16-20(15-18-9-3-1-4-10-18)23-30(27,28)24-14-8-7-13-21(24)22(26)29-17-19-11-5-2-6-12-19;14-20(17,18)15-9-5-4-8-12(15)13(16)19-10-11-6-2-1-3-7-11;10-9(7-11)6-8-4-2-1-3-5-8/h1-6,9-12,20-21,23,25H,7-8,13-17H2;1-3,6-7,12H,4-5,8-10H2;1-5,9,11H,6-7,10H2/t20-,21+;12-;9-/m101/s1. The van der Waals surface area contributed by atoms with Gasteiger partial charge < -0.3 is 25.4 Å². The van der Waals surface area contributed by atoms with Gasteiger partial charge in [-0.05, 0) is 73.6 Å². The van der Waals surface area contributed by atoms with Crippen LogP contribution in [0, 0.1) is 0 Å². The lowest BCUT2D eigenvalue weighted by atomic mass is 10.1. The number of carbonyl (C=O) groups excluding carboxylic acids is 2. The second-order valence-electron chi connectivity index (χ2n) is 14.7. The highest BCUT2D eigenvalue weighted by molar-refractivity contribution is 8.11.